The molecule has 5 nitrogen and oxygen atoms in total. The second-order valence-corrected chi connectivity index (χ2v) is 8.93. The summed E-state index contributed by atoms with van der Waals surface area (Å²) < 4.78 is 24.2. The summed E-state index contributed by atoms with van der Waals surface area (Å²) in [5.74, 6) is 0.176. The Bertz CT molecular complexity index is 1120. The number of benzene rings is 3. The lowest BCUT2D eigenvalue weighted by Gasteiger charge is -2.08. The minimum atomic E-state index is -0.499. The fourth-order valence-electron chi connectivity index (χ4n) is 3.53. The van der Waals surface area contributed by atoms with E-state index in [-0.39, 0.29) is 10.8 Å². The molecule has 0 saturated carbocycles. The Morgan fingerprint density at radius 2 is 1.44 bits per heavy atom. The summed E-state index contributed by atoms with van der Waals surface area (Å²) in [5, 5.41) is 8.37. The van der Waals surface area contributed by atoms with Gasteiger partial charge in [-0.05, 0) is 67.1 Å². The zero-order chi connectivity index (χ0) is 25.6. The molecular weight excluding hydrogens is 479 g/mol. The third-order valence-corrected chi connectivity index (χ3v) is 5.89. The summed E-state index contributed by atoms with van der Waals surface area (Å²) in [6.07, 6.45) is 10.0. The lowest BCUT2D eigenvalue weighted by Crippen LogP contribution is -2.08. The maximum Gasteiger partial charge on any atom is 0.343 e. The third-order valence-electron chi connectivity index (χ3n) is 5.59. The standard InChI is InChI=1S/C29H32ClFN2O3/c1-2-3-4-5-6-7-8-9-20-35-25-16-10-22(11-17-25)29(34)36-26-18-19-28(27(30)21-26)33-32-24-14-12-23(31)13-15-24/h10-19,21H,2-9,20H2,1H3. The zero-order valence-corrected chi connectivity index (χ0v) is 21.3. The average Bonchev–Trinajstić information content (AvgIpc) is 2.88. The number of hydrogen-bond acceptors (Lipinski definition) is 5. The van der Waals surface area contributed by atoms with Gasteiger partial charge in [-0.1, -0.05) is 63.5 Å². The van der Waals surface area contributed by atoms with Crippen LogP contribution in [0, 0.1) is 5.82 Å². The van der Waals surface area contributed by atoms with Gasteiger partial charge in [0.2, 0.25) is 0 Å². The normalized spacial score (nSPS) is 11.1. The van der Waals surface area contributed by atoms with Crippen LogP contribution in [-0.2, 0) is 0 Å². The molecule has 0 aliphatic heterocycles. The lowest BCUT2D eigenvalue weighted by molar-refractivity contribution is 0.0734. The third kappa shape index (κ3) is 9.42. The molecule has 0 amide bonds. The number of hydrogen-bond donors (Lipinski definition) is 0. The molecule has 0 saturated heterocycles. The first kappa shape index (κ1) is 27.3. The minimum absolute atomic E-state index is 0.274. The van der Waals surface area contributed by atoms with Crippen molar-refractivity contribution in [3.05, 3.63) is 83.1 Å². The molecule has 0 aromatic heterocycles. The monoisotopic (exact) mass is 510 g/mol. The molecule has 36 heavy (non-hydrogen) atoms. The molecule has 0 radical (unpaired) electrons. The molecular formula is C29H32ClFN2O3. The lowest BCUT2D eigenvalue weighted by atomic mass is 10.1. The first-order valence-corrected chi connectivity index (χ1v) is 12.8. The predicted octanol–water partition coefficient (Wildman–Crippen LogP) is 9.63. The molecule has 0 N–H and O–H groups in total. The van der Waals surface area contributed by atoms with Crippen LogP contribution in [0.25, 0.3) is 0 Å². The van der Waals surface area contributed by atoms with Gasteiger partial charge in [-0.25, -0.2) is 9.18 Å². The van der Waals surface area contributed by atoms with E-state index in [4.69, 9.17) is 21.1 Å². The molecule has 0 spiro atoms. The van der Waals surface area contributed by atoms with E-state index in [0.717, 1.165) is 12.2 Å². The van der Waals surface area contributed by atoms with Crippen molar-refractivity contribution in [1.29, 1.82) is 0 Å². The first-order chi connectivity index (χ1) is 17.5. The Kier molecular flexibility index (Phi) is 11.4. The highest BCUT2D eigenvalue weighted by atomic mass is 35.5. The molecule has 3 aromatic rings. The number of esters is 1. The summed E-state index contributed by atoms with van der Waals surface area (Å²) in [6, 6.07) is 17.2. The fourth-order valence-corrected chi connectivity index (χ4v) is 3.74. The van der Waals surface area contributed by atoms with Crippen LogP contribution in [0.15, 0.2) is 77.0 Å². The minimum Gasteiger partial charge on any atom is -0.494 e. The van der Waals surface area contributed by atoms with Crippen molar-refractivity contribution < 1.29 is 18.7 Å². The van der Waals surface area contributed by atoms with Crippen LogP contribution >= 0.6 is 11.6 Å². The van der Waals surface area contributed by atoms with E-state index >= 15 is 0 Å². The van der Waals surface area contributed by atoms with Crippen molar-refractivity contribution in [1.82, 2.24) is 0 Å². The second kappa shape index (κ2) is 15.0. The molecule has 3 rings (SSSR count). The molecule has 7 heteroatoms. The number of unbranched alkanes of at least 4 members (excludes halogenated alkanes) is 7. The molecule has 0 fully saturated rings. The van der Waals surface area contributed by atoms with Gasteiger partial charge in [-0.2, -0.15) is 5.11 Å². The molecule has 0 unspecified atom stereocenters. The number of nitrogens with zero attached hydrogens (tertiary/aromatic N) is 2. The molecule has 0 aliphatic rings. The molecule has 3 aromatic carbocycles. The quantitative estimate of drug-likeness (QED) is 0.0938. The van der Waals surface area contributed by atoms with E-state index in [2.05, 4.69) is 17.2 Å². The maximum atomic E-state index is 13.0. The highest BCUT2D eigenvalue weighted by molar-refractivity contribution is 6.33. The number of rotatable bonds is 14. The van der Waals surface area contributed by atoms with Gasteiger partial charge in [0.1, 0.15) is 23.0 Å². The average molecular weight is 511 g/mol. The van der Waals surface area contributed by atoms with Gasteiger partial charge in [-0.3, -0.25) is 0 Å². The first-order valence-electron chi connectivity index (χ1n) is 12.5. The molecule has 0 aliphatic carbocycles. The van der Waals surface area contributed by atoms with Crippen molar-refractivity contribution in [2.24, 2.45) is 10.2 Å². The SMILES string of the molecule is CCCCCCCCCCOc1ccc(C(=O)Oc2ccc(N=Nc3ccc(F)cc3)c(Cl)c2)cc1. The Morgan fingerprint density at radius 1 is 0.806 bits per heavy atom. The Labute approximate surface area is 217 Å². The van der Waals surface area contributed by atoms with Gasteiger partial charge in [0.15, 0.2) is 0 Å². The van der Waals surface area contributed by atoms with Crippen LogP contribution < -0.4 is 9.47 Å². The summed E-state index contributed by atoms with van der Waals surface area (Å²) in [5.41, 5.74) is 1.30. The van der Waals surface area contributed by atoms with Crippen LogP contribution in [0.4, 0.5) is 15.8 Å². The summed E-state index contributed by atoms with van der Waals surface area (Å²) >= 11 is 6.26. The van der Waals surface area contributed by atoms with Gasteiger partial charge in [0.05, 0.1) is 22.9 Å². The van der Waals surface area contributed by atoms with Crippen LogP contribution in [0.2, 0.25) is 5.02 Å². The summed E-state index contributed by atoms with van der Waals surface area (Å²) in [6.45, 7) is 2.90. The van der Waals surface area contributed by atoms with Crippen molar-refractivity contribution in [3.8, 4) is 11.5 Å². The van der Waals surface area contributed by atoms with E-state index in [0.29, 0.717) is 29.3 Å². The Morgan fingerprint density at radius 3 is 2.11 bits per heavy atom. The fraction of sp³-hybridized carbons (Fsp3) is 0.345. The number of ether oxygens (including phenoxy) is 2. The van der Waals surface area contributed by atoms with Gasteiger partial charge in [0.25, 0.3) is 0 Å². The van der Waals surface area contributed by atoms with E-state index < -0.39 is 5.97 Å². The summed E-state index contributed by atoms with van der Waals surface area (Å²) in [7, 11) is 0. The van der Waals surface area contributed by atoms with Crippen LogP contribution in [0.5, 0.6) is 11.5 Å². The van der Waals surface area contributed by atoms with Crippen molar-refractivity contribution in [2.75, 3.05) is 6.61 Å². The Hall–Kier alpha value is -3.25. The van der Waals surface area contributed by atoms with Crippen molar-refractivity contribution >= 4 is 28.9 Å². The highest BCUT2D eigenvalue weighted by Crippen LogP contribution is 2.31. The number of halogens is 2. The van der Waals surface area contributed by atoms with Crippen molar-refractivity contribution in [3.63, 3.8) is 0 Å². The molecule has 190 valence electrons. The van der Waals surface area contributed by atoms with E-state index in [1.807, 2.05) is 0 Å². The number of carbonyl (C=O) groups is 1. The van der Waals surface area contributed by atoms with Crippen LogP contribution in [0.3, 0.4) is 0 Å². The largest absolute Gasteiger partial charge is 0.494 e. The number of carbonyl (C=O) groups excluding carboxylic acids is 1. The van der Waals surface area contributed by atoms with Crippen LogP contribution in [0.1, 0.15) is 68.6 Å². The topological polar surface area (TPSA) is 60.2 Å². The zero-order valence-electron chi connectivity index (χ0n) is 20.6. The smallest absolute Gasteiger partial charge is 0.343 e. The van der Waals surface area contributed by atoms with E-state index in [1.165, 1.54) is 75.3 Å². The number of azo groups is 1. The van der Waals surface area contributed by atoms with Gasteiger partial charge in [0, 0.05) is 6.07 Å². The molecule has 0 bridgehead atoms. The summed E-state index contributed by atoms with van der Waals surface area (Å²) in [4.78, 5) is 12.5. The van der Waals surface area contributed by atoms with E-state index in [1.54, 1.807) is 36.4 Å². The Balaban J connectivity index is 1.43. The maximum absolute atomic E-state index is 13.0. The van der Waals surface area contributed by atoms with Gasteiger partial charge in [-0.15, -0.1) is 5.11 Å². The molecule has 0 atom stereocenters. The van der Waals surface area contributed by atoms with E-state index in [9.17, 15) is 9.18 Å². The van der Waals surface area contributed by atoms with Crippen LogP contribution in [-0.4, -0.2) is 12.6 Å². The second-order valence-electron chi connectivity index (χ2n) is 8.53. The molecule has 0 heterocycles. The predicted molar refractivity (Wildman–Crippen MR) is 142 cm³/mol. The van der Waals surface area contributed by atoms with Crippen molar-refractivity contribution in [2.45, 2.75) is 58.3 Å². The van der Waals surface area contributed by atoms with Gasteiger partial charge < -0.3 is 9.47 Å². The van der Waals surface area contributed by atoms with Gasteiger partial charge >= 0.3 is 5.97 Å². The highest BCUT2D eigenvalue weighted by Gasteiger charge is 2.11.